The Morgan fingerprint density at radius 3 is 2.44 bits per heavy atom. The molecule has 2 aliphatic rings. The van der Waals surface area contributed by atoms with Gasteiger partial charge in [-0.05, 0) is 17.7 Å². The van der Waals surface area contributed by atoms with E-state index in [0.29, 0.717) is 63.7 Å². The molecule has 184 valence electrons. The average Bonchev–Trinajstić information content (AvgIpc) is 3.46. The first-order chi connectivity index (χ1) is 17.6. The summed E-state index contributed by atoms with van der Waals surface area (Å²) >= 11 is 0. The Labute approximate surface area is 209 Å². The van der Waals surface area contributed by atoms with E-state index in [1.165, 1.54) is 0 Å². The van der Waals surface area contributed by atoms with E-state index in [9.17, 15) is 9.59 Å². The number of amides is 2. The zero-order chi connectivity index (χ0) is 24.6. The van der Waals surface area contributed by atoms with Gasteiger partial charge in [-0.1, -0.05) is 48.5 Å². The summed E-state index contributed by atoms with van der Waals surface area (Å²) < 4.78 is 9.35. The van der Waals surface area contributed by atoms with Crippen LogP contribution in [0.2, 0.25) is 0 Å². The number of morpholine rings is 1. The Bertz CT molecular complexity index is 1430. The molecular weight excluding hydrogens is 454 g/mol. The molecule has 36 heavy (non-hydrogen) atoms. The molecule has 8 nitrogen and oxygen atoms in total. The highest BCUT2D eigenvalue weighted by molar-refractivity contribution is 5.99. The van der Waals surface area contributed by atoms with E-state index in [1.54, 1.807) is 0 Å². The van der Waals surface area contributed by atoms with Gasteiger partial charge in [-0.25, -0.2) is 0 Å². The number of para-hydroxylation sites is 1. The van der Waals surface area contributed by atoms with Crippen molar-refractivity contribution in [1.82, 2.24) is 24.1 Å². The molecule has 4 aromatic rings. The summed E-state index contributed by atoms with van der Waals surface area (Å²) in [4.78, 5) is 30.8. The maximum Gasteiger partial charge on any atom is 0.274 e. The van der Waals surface area contributed by atoms with Crippen LogP contribution in [0.4, 0.5) is 0 Å². The molecule has 2 aliphatic heterocycles. The molecule has 8 heteroatoms. The van der Waals surface area contributed by atoms with Gasteiger partial charge in [0.2, 0.25) is 0 Å². The smallest absolute Gasteiger partial charge is 0.274 e. The number of aromatic nitrogens is 3. The molecule has 0 spiro atoms. The largest absolute Gasteiger partial charge is 0.378 e. The van der Waals surface area contributed by atoms with Crippen LogP contribution in [0.3, 0.4) is 0 Å². The third-order valence-corrected chi connectivity index (χ3v) is 7.27. The monoisotopic (exact) mass is 483 g/mol. The van der Waals surface area contributed by atoms with Gasteiger partial charge >= 0.3 is 0 Å². The highest BCUT2D eigenvalue weighted by atomic mass is 16.5. The lowest BCUT2D eigenvalue weighted by Crippen LogP contribution is -2.42. The molecule has 2 aromatic heterocycles. The first-order valence-corrected chi connectivity index (χ1v) is 12.4. The first kappa shape index (κ1) is 22.5. The zero-order valence-corrected chi connectivity index (χ0v) is 20.4. The number of benzene rings is 2. The zero-order valence-electron chi connectivity index (χ0n) is 20.4. The summed E-state index contributed by atoms with van der Waals surface area (Å²) in [5.74, 6) is -0.111. The number of ether oxygens (including phenoxy) is 1. The predicted molar refractivity (Wildman–Crippen MR) is 136 cm³/mol. The van der Waals surface area contributed by atoms with Crippen molar-refractivity contribution in [3.8, 4) is 0 Å². The Kier molecular flexibility index (Phi) is 5.81. The Hall–Kier alpha value is -3.91. The number of rotatable bonds is 4. The van der Waals surface area contributed by atoms with Crippen LogP contribution in [0.15, 0.2) is 60.7 Å². The van der Waals surface area contributed by atoms with Crippen LogP contribution >= 0.6 is 0 Å². The molecule has 0 aliphatic carbocycles. The van der Waals surface area contributed by atoms with Crippen molar-refractivity contribution >= 4 is 22.7 Å². The fourth-order valence-electron chi connectivity index (χ4n) is 5.30. The topological polar surface area (TPSA) is 72.6 Å². The minimum absolute atomic E-state index is 0.0278. The van der Waals surface area contributed by atoms with Crippen LogP contribution in [0.1, 0.15) is 37.8 Å². The molecule has 0 radical (unpaired) electrons. The minimum atomic E-state index is -0.0831. The quantitative estimate of drug-likeness (QED) is 0.447. The van der Waals surface area contributed by atoms with Crippen molar-refractivity contribution in [2.45, 2.75) is 19.5 Å². The molecule has 4 heterocycles. The number of carbonyl (C=O) groups is 2. The van der Waals surface area contributed by atoms with Gasteiger partial charge in [0.05, 0.1) is 26.3 Å². The fourth-order valence-corrected chi connectivity index (χ4v) is 5.30. The van der Waals surface area contributed by atoms with Gasteiger partial charge in [0.1, 0.15) is 5.69 Å². The van der Waals surface area contributed by atoms with E-state index in [4.69, 9.17) is 9.84 Å². The molecule has 0 bridgehead atoms. The summed E-state index contributed by atoms with van der Waals surface area (Å²) in [5, 5.41) is 5.86. The van der Waals surface area contributed by atoms with E-state index in [0.717, 1.165) is 27.7 Å². The van der Waals surface area contributed by atoms with Crippen molar-refractivity contribution in [2.75, 3.05) is 32.8 Å². The second-order valence-electron chi connectivity index (χ2n) is 9.45. The van der Waals surface area contributed by atoms with Crippen LogP contribution in [-0.2, 0) is 31.3 Å². The Morgan fingerprint density at radius 1 is 0.917 bits per heavy atom. The molecule has 0 saturated carbocycles. The second-order valence-corrected chi connectivity index (χ2v) is 9.45. The number of nitrogens with zero attached hydrogens (tertiary/aromatic N) is 5. The van der Waals surface area contributed by atoms with Gasteiger partial charge in [0, 0.05) is 55.3 Å². The second kappa shape index (κ2) is 9.28. The summed E-state index contributed by atoms with van der Waals surface area (Å²) in [6.45, 7) is 3.72. The standard InChI is InChI=1S/C28H29N5O3/c1-30-23-10-6-5-9-21(23)17-25(30)27(34)32-12-11-24-22(19-32)26(28(35)31-13-15-36-16-14-31)29-33(24)18-20-7-3-2-4-8-20/h2-10,17H,11-16,18-19H2,1H3. The maximum atomic E-state index is 13.6. The molecule has 1 saturated heterocycles. The normalized spacial score (nSPS) is 15.8. The van der Waals surface area contributed by atoms with Crippen molar-refractivity contribution < 1.29 is 14.3 Å². The van der Waals surface area contributed by atoms with Gasteiger partial charge in [0.15, 0.2) is 5.69 Å². The number of hydrogen-bond donors (Lipinski definition) is 0. The van der Waals surface area contributed by atoms with Gasteiger partial charge < -0.3 is 19.1 Å². The van der Waals surface area contributed by atoms with Crippen molar-refractivity contribution in [3.63, 3.8) is 0 Å². The third kappa shape index (κ3) is 3.97. The summed E-state index contributed by atoms with van der Waals surface area (Å²) in [6, 6.07) is 20.1. The highest BCUT2D eigenvalue weighted by Gasteiger charge is 2.33. The summed E-state index contributed by atoms with van der Waals surface area (Å²) in [6.07, 6.45) is 0.654. The van der Waals surface area contributed by atoms with Gasteiger partial charge in [-0.15, -0.1) is 0 Å². The lowest BCUT2D eigenvalue weighted by atomic mass is 10.0. The predicted octanol–water partition coefficient (Wildman–Crippen LogP) is 3.09. The SMILES string of the molecule is Cn1c(C(=O)N2CCc3c(c(C(=O)N4CCOCC4)nn3Cc3ccccc3)C2)cc2ccccc21. The van der Waals surface area contributed by atoms with Crippen molar-refractivity contribution in [2.24, 2.45) is 7.05 Å². The average molecular weight is 484 g/mol. The van der Waals surface area contributed by atoms with Crippen LogP contribution in [0.25, 0.3) is 10.9 Å². The molecule has 1 fully saturated rings. The Balaban J connectivity index is 1.34. The van der Waals surface area contributed by atoms with E-state index in [1.807, 2.05) is 74.6 Å². The van der Waals surface area contributed by atoms with E-state index in [2.05, 4.69) is 12.1 Å². The fraction of sp³-hybridized carbons (Fsp3) is 0.321. The van der Waals surface area contributed by atoms with Crippen molar-refractivity contribution in [3.05, 3.63) is 88.9 Å². The molecule has 6 rings (SSSR count). The number of carbonyl (C=O) groups excluding carboxylic acids is 2. The minimum Gasteiger partial charge on any atom is -0.378 e. The van der Waals surface area contributed by atoms with Crippen LogP contribution in [-0.4, -0.2) is 68.8 Å². The number of fused-ring (bicyclic) bond motifs is 2. The Morgan fingerprint density at radius 2 is 1.67 bits per heavy atom. The van der Waals surface area contributed by atoms with Crippen molar-refractivity contribution in [1.29, 1.82) is 0 Å². The molecule has 2 amide bonds. The molecule has 0 atom stereocenters. The molecular formula is C28H29N5O3. The van der Waals surface area contributed by atoms with Gasteiger partial charge in [0.25, 0.3) is 11.8 Å². The lowest BCUT2D eigenvalue weighted by Gasteiger charge is -2.29. The van der Waals surface area contributed by atoms with Crippen LogP contribution in [0, 0.1) is 0 Å². The van der Waals surface area contributed by atoms with E-state index >= 15 is 0 Å². The summed E-state index contributed by atoms with van der Waals surface area (Å²) in [5.41, 5.74) is 5.16. The summed E-state index contributed by atoms with van der Waals surface area (Å²) in [7, 11) is 1.93. The maximum absolute atomic E-state index is 13.6. The molecule has 0 N–H and O–H groups in total. The lowest BCUT2D eigenvalue weighted by molar-refractivity contribution is 0.0296. The van der Waals surface area contributed by atoms with Crippen LogP contribution in [0.5, 0.6) is 0 Å². The number of aryl methyl sites for hydroxylation is 1. The first-order valence-electron chi connectivity index (χ1n) is 12.4. The van der Waals surface area contributed by atoms with E-state index in [-0.39, 0.29) is 11.8 Å². The van der Waals surface area contributed by atoms with Gasteiger partial charge in [-0.2, -0.15) is 5.10 Å². The highest BCUT2D eigenvalue weighted by Crippen LogP contribution is 2.27. The number of hydrogen-bond acceptors (Lipinski definition) is 4. The molecule has 2 aromatic carbocycles. The van der Waals surface area contributed by atoms with Crippen LogP contribution < -0.4 is 0 Å². The third-order valence-electron chi connectivity index (χ3n) is 7.27. The molecule has 0 unspecified atom stereocenters. The van der Waals surface area contributed by atoms with E-state index < -0.39 is 0 Å². The van der Waals surface area contributed by atoms with Gasteiger partial charge in [-0.3, -0.25) is 14.3 Å².